The second-order valence-corrected chi connectivity index (χ2v) is 8.22. The summed E-state index contributed by atoms with van der Waals surface area (Å²) in [6, 6.07) is 9.92. The van der Waals surface area contributed by atoms with Crippen molar-refractivity contribution >= 4 is 9.84 Å². The molecule has 0 saturated heterocycles. The van der Waals surface area contributed by atoms with E-state index >= 15 is 0 Å². The molecule has 0 amide bonds. The number of para-hydroxylation sites is 1. The molecule has 1 aromatic carbocycles. The van der Waals surface area contributed by atoms with Gasteiger partial charge in [-0.3, -0.25) is 0 Å². The minimum absolute atomic E-state index is 0.190. The largest absolute Gasteiger partial charge is 0.492 e. The molecule has 3 atom stereocenters. The van der Waals surface area contributed by atoms with Gasteiger partial charge in [-0.05, 0) is 44.4 Å². The molecular formula is C16H25NO3S. The minimum atomic E-state index is -2.94. The lowest BCUT2D eigenvalue weighted by molar-refractivity contribution is 0.193. The molecule has 1 aromatic rings. The summed E-state index contributed by atoms with van der Waals surface area (Å²) in [7, 11) is -1.02. The molecule has 1 fully saturated rings. The zero-order valence-corrected chi connectivity index (χ0v) is 13.6. The van der Waals surface area contributed by atoms with Gasteiger partial charge >= 0.3 is 0 Å². The van der Waals surface area contributed by atoms with Gasteiger partial charge in [0.05, 0.1) is 5.25 Å². The van der Waals surface area contributed by atoms with Crippen LogP contribution in [0.4, 0.5) is 0 Å². The van der Waals surface area contributed by atoms with E-state index in [0.717, 1.165) is 31.4 Å². The van der Waals surface area contributed by atoms with Crippen LogP contribution in [-0.2, 0) is 9.84 Å². The lowest BCUT2D eigenvalue weighted by atomic mass is 9.84. The highest BCUT2D eigenvalue weighted by molar-refractivity contribution is 7.91. The van der Waals surface area contributed by atoms with Crippen LogP contribution in [0.5, 0.6) is 5.75 Å². The van der Waals surface area contributed by atoms with Crippen LogP contribution < -0.4 is 10.1 Å². The second-order valence-electron chi connectivity index (χ2n) is 5.90. The number of sulfone groups is 1. The Bertz CT molecular complexity index is 530. The smallest absolute Gasteiger partial charge is 0.150 e. The van der Waals surface area contributed by atoms with Gasteiger partial charge in [-0.15, -0.1) is 0 Å². The summed E-state index contributed by atoms with van der Waals surface area (Å²) < 4.78 is 29.4. The average molecular weight is 311 g/mol. The maximum atomic E-state index is 11.8. The molecule has 3 unspecified atom stereocenters. The summed E-state index contributed by atoms with van der Waals surface area (Å²) in [6.07, 6.45) is 4.93. The topological polar surface area (TPSA) is 55.4 Å². The van der Waals surface area contributed by atoms with E-state index in [1.807, 2.05) is 37.4 Å². The van der Waals surface area contributed by atoms with E-state index in [9.17, 15) is 8.42 Å². The molecule has 0 heterocycles. The third kappa shape index (κ3) is 4.71. The van der Waals surface area contributed by atoms with E-state index in [1.54, 1.807) is 0 Å². The van der Waals surface area contributed by atoms with Crippen LogP contribution in [0, 0.1) is 5.92 Å². The quantitative estimate of drug-likeness (QED) is 0.875. The molecule has 1 aliphatic rings. The molecule has 0 spiro atoms. The van der Waals surface area contributed by atoms with E-state index in [1.165, 1.54) is 6.26 Å². The van der Waals surface area contributed by atoms with Crippen molar-refractivity contribution in [3.8, 4) is 5.75 Å². The molecule has 0 aliphatic heterocycles. The van der Waals surface area contributed by atoms with Crippen molar-refractivity contribution in [1.29, 1.82) is 0 Å². The Morgan fingerprint density at radius 3 is 2.62 bits per heavy atom. The molecule has 5 heteroatoms. The summed E-state index contributed by atoms with van der Waals surface area (Å²) in [5.74, 6) is 1.21. The van der Waals surface area contributed by atoms with Crippen molar-refractivity contribution in [3.63, 3.8) is 0 Å². The Morgan fingerprint density at radius 2 is 2.00 bits per heavy atom. The Morgan fingerprint density at radius 1 is 1.29 bits per heavy atom. The number of rotatable bonds is 6. The predicted octanol–water partition coefficient (Wildman–Crippen LogP) is 2.26. The highest BCUT2D eigenvalue weighted by Crippen LogP contribution is 2.30. The summed E-state index contributed by atoms with van der Waals surface area (Å²) >= 11 is 0. The fourth-order valence-electron chi connectivity index (χ4n) is 3.09. The van der Waals surface area contributed by atoms with Gasteiger partial charge in [-0.2, -0.15) is 0 Å². The van der Waals surface area contributed by atoms with Crippen LogP contribution in [0.2, 0.25) is 0 Å². The molecule has 118 valence electrons. The van der Waals surface area contributed by atoms with Crippen LogP contribution in [0.25, 0.3) is 0 Å². The summed E-state index contributed by atoms with van der Waals surface area (Å²) in [6.45, 7) is 0.571. The number of likely N-dealkylation sites (N-methyl/N-ethyl adjacent to an activating group) is 1. The highest BCUT2D eigenvalue weighted by atomic mass is 32.2. The van der Waals surface area contributed by atoms with Gasteiger partial charge in [0, 0.05) is 12.3 Å². The monoisotopic (exact) mass is 311 g/mol. The fourth-order valence-corrected chi connectivity index (χ4v) is 4.28. The van der Waals surface area contributed by atoms with Gasteiger partial charge in [0.2, 0.25) is 0 Å². The van der Waals surface area contributed by atoms with Crippen LogP contribution in [0.1, 0.15) is 25.7 Å². The first-order valence-electron chi connectivity index (χ1n) is 7.54. The van der Waals surface area contributed by atoms with E-state index < -0.39 is 9.84 Å². The van der Waals surface area contributed by atoms with E-state index in [0.29, 0.717) is 12.5 Å². The molecule has 1 N–H and O–H groups in total. The zero-order chi connectivity index (χ0) is 15.3. The fraction of sp³-hybridized carbons (Fsp3) is 0.625. The van der Waals surface area contributed by atoms with E-state index in [4.69, 9.17) is 4.74 Å². The number of hydrogen-bond donors (Lipinski definition) is 1. The Kier molecular flexibility index (Phi) is 5.65. The number of nitrogens with one attached hydrogen (secondary N) is 1. The zero-order valence-electron chi connectivity index (χ0n) is 12.8. The lowest BCUT2D eigenvalue weighted by Crippen LogP contribution is -2.43. The van der Waals surface area contributed by atoms with Gasteiger partial charge in [-0.1, -0.05) is 24.6 Å². The third-order valence-corrected chi connectivity index (χ3v) is 6.02. The number of ether oxygens (including phenoxy) is 1. The normalized spacial score (nSPS) is 24.5. The van der Waals surface area contributed by atoms with Gasteiger partial charge in [0.15, 0.2) is 0 Å². The summed E-state index contributed by atoms with van der Waals surface area (Å²) in [5.41, 5.74) is 0. The molecule has 0 radical (unpaired) electrons. The van der Waals surface area contributed by atoms with E-state index in [-0.39, 0.29) is 11.3 Å². The average Bonchev–Trinajstić information content (AvgIpc) is 2.48. The minimum Gasteiger partial charge on any atom is -0.492 e. The van der Waals surface area contributed by atoms with Crippen molar-refractivity contribution in [3.05, 3.63) is 30.3 Å². The lowest BCUT2D eigenvalue weighted by Gasteiger charge is -2.33. The van der Waals surface area contributed by atoms with Crippen molar-refractivity contribution in [2.24, 2.45) is 5.92 Å². The summed E-state index contributed by atoms with van der Waals surface area (Å²) in [4.78, 5) is 0. The predicted molar refractivity (Wildman–Crippen MR) is 85.4 cm³/mol. The SMILES string of the molecule is CNC(COc1ccccc1)C1CCCC(S(C)(=O)=O)C1. The van der Waals surface area contributed by atoms with E-state index in [2.05, 4.69) is 5.32 Å². The standard InChI is InChI=1S/C16H25NO3S/c1-17-16(12-20-14-8-4-3-5-9-14)13-7-6-10-15(11-13)21(2,18)19/h3-5,8-9,13,15-17H,6-7,10-12H2,1-2H3. The molecular weight excluding hydrogens is 286 g/mol. The molecule has 1 aliphatic carbocycles. The molecule has 21 heavy (non-hydrogen) atoms. The Balaban J connectivity index is 1.94. The number of hydrogen-bond acceptors (Lipinski definition) is 4. The van der Waals surface area contributed by atoms with Gasteiger partial charge in [0.1, 0.15) is 22.2 Å². The first-order chi connectivity index (χ1) is 10.0. The Labute approximate surface area is 127 Å². The highest BCUT2D eigenvalue weighted by Gasteiger charge is 2.32. The van der Waals surface area contributed by atoms with Gasteiger partial charge in [-0.25, -0.2) is 8.42 Å². The molecule has 0 bridgehead atoms. The Hall–Kier alpha value is -1.07. The first kappa shape index (κ1) is 16.3. The van der Waals surface area contributed by atoms with Crippen LogP contribution in [0.3, 0.4) is 0 Å². The number of benzene rings is 1. The first-order valence-corrected chi connectivity index (χ1v) is 9.50. The second kappa shape index (κ2) is 7.27. The van der Waals surface area contributed by atoms with Crippen molar-refractivity contribution in [2.45, 2.75) is 37.0 Å². The molecule has 0 aromatic heterocycles. The molecule has 1 saturated carbocycles. The van der Waals surface area contributed by atoms with Crippen LogP contribution in [-0.4, -0.2) is 39.6 Å². The molecule has 4 nitrogen and oxygen atoms in total. The van der Waals surface area contributed by atoms with Crippen LogP contribution >= 0.6 is 0 Å². The van der Waals surface area contributed by atoms with Crippen molar-refractivity contribution < 1.29 is 13.2 Å². The maximum absolute atomic E-state index is 11.8. The molecule has 2 rings (SSSR count). The van der Waals surface area contributed by atoms with Crippen molar-refractivity contribution in [2.75, 3.05) is 19.9 Å². The maximum Gasteiger partial charge on any atom is 0.150 e. The van der Waals surface area contributed by atoms with Crippen molar-refractivity contribution in [1.82, 2.24) is 5.32 Å². The van der Waals surface area contributed by atoms with Gasteiger partial charge < -0.3 is 10.1 Å². The summed E-state index contributed by atoms with van der Waals surface area (Å²) in [5, 5.41) is 3.10. The van der Waals surface area contributed by atoms with Gasteiger partial charge in [0.25, 0.3) is 0 Å². The van der Waals surface area contributed by atoms with Crippen LogP contribution in [0.15, 0.2) is 30.3 Å². The third-order valence-electron chi connectivity index (χ3n) is 4.38.